The highest BCUT2D eigenvalue weighted by molar-refractivity contribution is 9.10. The van der Waals surface area contributed by atoms with Gasteiger partial charge >= 0.3 is 6.03 Å². The summed E-state index contributed by atoms with van der Waals surface area (Å²) in [5.74, 6) is 0.0257. The maximum Gasteiger partial charge on any atom is 0.319 e. The van der Waals surface area contributed by atoms with E-state index in [1.807, 2.05) is 17.0 Å². The second-order valence-electron chi connectivity index (χ2n) is 6.40. The molecule has 2 aliphatic rings. The Hall–Kier alpha value is -1.64. The third-order valence-corrected chi connectivity index (χ3v) is 5.09. The number of carbonyl (C=O) groups is 2. The van der Waals surface area contributed by atoms with Gasteiger partial charge in [0.1, 0.15) is 0 Å². The predicted molar refractivity (Wildman–Crippen MR) is 101 cm³/mol. The quantitative estimate of drug-likeness (QED) is 0.759. The van der Waals surface area contributed by atoms with Crippen LogP contribution in [0.4, 0.5) is 10.5 Å². The molecule has 26 heavy (non-hydrogen) atoms. The van der Waals surface area contributed by atoms with E-state index < -0.39 is 0 Å². The van der Waals surface area contributed by atoms with Crippen molar-refractivity contribution < 1.29 is 19.1 Å². The van der Waals surface area contributed by atoms with Gasteiger partial charge < -0.3 is 25.0 Å². The summed E-state index contributed by atoms with van der Waals surface area (Å²) in [6.45, 7) is 2.18. The van der Waals surface area contributed by atoms with E-state index in [-0.39, 0.29) is 37.2 Å². The second-order valence-corrected chi connectivity index (χ2v) is 7.31. The van der Waals surface area contributed by atoms with Crippen LogP contribution in [0, 0.1) is 0 Å². The number of piperidine rings is 1. The maximum atomic E-state index is 12.6. The normalized spacial score (nSPS) is 20.8. The van der Waals surface area contributed by atoms with E-state index in [0.29, 0.717) is 18.9 Å². The molecule has 0 radical (unpaired) electrons. The number of likely N-dealkylation sites (tertiary alicyclic amines) is 1. The summed E-state index contributed by atoms with van der Waals surface area (Å²) in [6, 6.07) is 6.96. The molecule has 0 aliphatic carbocycles. The third kappa shape index (κ3) is 5.18. The molecule has 0 aromatic heterocycles. The number of amides is 3. The van der Waals surface area contributed by atoms with Crippen molar-refractivity contribution in [1.29, 1.82) is 0 Å². The Morgan fingerprint density at radius 1 is 1.15 bits per heavy atom. The monoisotopic (exact) mass is 425 g/mol. The van der Waals surface area contributed by atoms with E-state index in [1.54, 1.807) is 12.1 Å². The zero-order chi connectivity index (χ0) is 18.4. The molecule has 0 spiro atoms. The molecule has 8 heteroatoms. The zero-order valence-electron chi connectivity index (χ0n) is 14.6. The van der Waals surface area contributed by atoms with Crippen molar-refractivity contribution in [3.05, 3.63) is 28.7 Å². The lowest BCUT2D eigenvalue weighted by molar-refractivity contribution is -0.150. The first-order valence-corrected chi connectivity index (χ1v) is 9.76. The highest BCUT2D eigenvalue weighted by Crippen LogP contribution is 2.24. The number of nitrogens with zero attached hydrogens (tertiary/aromatic N) is 1. The van der Waals surface area contributed by atoms with Crippen LogP contribution in [0.3, 0.4) is 0 Å². The van der Waals surface area contributed by atoms with Crippen LogP contribution in [-0.4, -0.2) is 55.5 Å². The molecule has 142 valence electrons. The fourth-order valence-electron chi connectivity index (χ4n) is 3.28. The standard InChI is InChI=1S/C18H24BrN3O4/c19-13-4-6-14(7-5-13)21-18(24)20-9-8-16(23)22-10-2-1-3-15(22)17-25-11-12-26-17/h4-7,15,17H,1-3,8-12H2,(H2,20,21,24). The molecule has 3 amide bonds. The SMILES string of the molecule is O=C(NCCC(=O)N1CCCCC1C1OCCO1)Nc1ccc(Br)cc1. The molecule has 3 rings (SSSR count). The van der Waals surface area contributed by atoms with Crippen LogP contribution in [0.1, 0.15) is 25.7 Å². The van der Waals surface area contributed by atoms with Crippen molar-refractivity contribution in [1.82, 2.24) is 10.2 Å². The lowest BCUT2D eigenvalue weighted by Gasteiger charge is -2.38. The Morgan fingerprint density at radius 3 is 2.62 bits per heavy atom. The van der Waals surface area contributed by atoms with Crippen LogP contribution in [0.5, 0.6) is 0 Å². The van der Waals surface area contributed by atoms with Crippen molar-refractivity contribution in [2.24, 2.45) is 0 Å². The van der Waals surface area contributed by atoms with Gasteiger partial charge in [-0.1, -0.05) is 15.9 Å². The first-order valence-electron chi connectivity index (χ1n) is 8.96. The topological polar surface area (TPSA) is 79.9 Å². The van der Waals surface area contributed by atoms with Crippen LogP contribution in [0.2, 0.25) is 0 Å². The average Bonchev–Trinajstić information content (AvgIpc) is 3.18. The van der Waals surface area contributed by atoms with Crippen molar-refractivity contribution in [2.45, 2.75) is 38.0 Å². The molecule has 1 unspecified atom stereocenters. The van der Waals surface area contributed by atoms with Crippen molar-refractivity contribution in [3.8, 4) is 0 Å². The fraction of sp³-hybridized carbons (Fsp3) is 0.556. The summed E-state index contributed by atoms with van der Waals surface area (Å²) in [6.07, 6.45) is 2.91. The summed E-state index contributed by atoms with van der Waals surface area (Å²) >= 11 is 3.35. The van der Waals surface area contributed by atoms with Gasteiger partial charge in [0.2, 0.25) is 5.91 Å². The summed E-state index contributed by atoms with van der Waals surface area (Å²) in [5, 5.41) is 5.47. The van der Waals surface area contributed by atoms with Gasteiger partial charge in [-0.2, -0.15) is 0 Å². The van der Waals surface area contributed by atoms with Gasteiger partial charge in [0.15, 0.2) is 6.29 Å². The van der Waals surface area contributed by atoms with Crippen LogP contribution in [0.15, 0.2) is 28.7 Å². The molecule has 0 saturated carbocycles. The van der Waals surface area contributed by atoms with Gasteiger partial charge in [-0.25, -0.2) is 4.79 Å². The van der Waals surface area contributed by atoms with Crippen LogP contribution < -0.4 is 10.6 Å². The summed E-state index contributed by atoms with van der Waals surface area (Å²) in [5.41, 5.74) is 0.698. The summed E-state index contributed by atoms with van der Waals surface area (Å²) < 4.78 is 12.1. The van der Waals surface area contributed by atoms with Gasteiger partial charge in [-0.05, 0) is 43.5 Å². The lowest BCUT2D eigenvalue weighted by atomic mass is 10.0. The first-order chi connectivity index (χ1) is 12.6. The summed E-state index contributed by atoms with van der Waals surface area (Å²) in [7, 11) is 0. The van der Waals surface area contributed by atoms with E-state index in [9.17, 15) is 9.59 Å². The van der Waals surface area contributed by atoms with Crippen LogP contribution >= 0.6 is 15.9 Å². The largest absolute Gasteiger partial charge is 0.348 e. The van der Waals surface area contributed by atoms with Crippen LogP contribution in [0.25, 0.3) is 0 Å². The lowest BCUT2D eigenvalue weighted by Crippen LogP contribution is -2.50. The number of hydrogen-bond acceptors (Lipinski definition) is 4. The second kappa shape index (κ2) is 9.34. The molecular weight excluding hydrogens is 402 g/mol. The number of benzene rings is 1. The predicted octanol–water partition coefficient (Wildman–Crippen LogP) is 2.71. The van der Waals surface area contributed by atoms with Crippen molar-refractivity contribution >= 4 is 33.6 Å². The molecular formula is C18H24BrN3O4. The first kappa shape index (κ1) is 19.1. The number of carbonyl (C=O) groups excluding carboxylic acids is 2. The molecule has 2 heterocycles. The van der Waals surface area contributed by atoms with Gasteiger partial charge in [-0.15, -0.1) is 0 Å². The van der Waals surface area contributed by atoms with E-state index in [4.69, 9.17) is 9.47 Å². The van der Waals surface area contributed by atoms with Gasteiger partial charge in [0.05, 0.1) is 19.3 Å². The minimum Gasteiger partial charge on any atom is -0.348 e. The number of halogens is 1. The number of nitrogens with one attached hydrogen (secondary N) is 2. The van der Waals surface area contributed by atoms with Gasteiger partial charge in [0.25, 0.3) is 0 Å². The number of hydrogen-bond donors (Lipinski definition) is 2. The molecule has 2 aliphatic heterocycles. The molecule has 2 saturated heterocycles. The molecule has 1 aromatic carbocycles. The van der Waals surface area contributed by atoms with Crippen LogP contribution in [-0.2, 0) is 14.3 Å². The minimum absolute atomic E-state index is 0.0182. The van der Waals surface area contributed by atoms with E-state index in [2.05, 4.69) is 26.6 Å². The number of anilines is 1. The molecule has 0 bridgehead atoms. The van der Waals surface area contributed by atoms with Gasteiger partial charge in [0, 0.05) is 29.7 Å². The Kier molecular flexibility index (Phi) is 6.87. The molecule has 7 nitrogen and oxygen atoms in total. The third-order valence-electron chi connectivity index (χ3n) is 4.56. The molecule has 2 fully saturated rings. The number of urea groups is 1. The highest BCUT2D eigenvalue weighted by Gasteiger charge is 2.35. The number of rotatable bonds is 5. The Balaban J connectivity index is 1.43. The average molecular weight is 426 g/mol. The van der Waals surface area contributed by atoms with E-state index in [1.165, 1.54) is 0 Å². The van der Waals surface area contributed by atoms with Crippen molar-refractivity contribution in [2.75, 3.05) is 31.6 Å². The minimum atomic E-state index is -0.322. The molecule has 1 aromatic rings. The smallest absolute Gasteiger partial charge is 0.319 e. The summed E-state index contributed by atoms with van der Waals surface area (Å²) in [4.78, 5) is 26.4. The molecule has 1 atom stereocenters. The highest BCUT2D eigenvalue weighted by atomic mass is 79.9. The Bertz CT molecular complexity index is 619. The fourth-order valence-corrected chi connectivity index (χ4v) is 3.55. The van der Waals surface area contributed by atoms with Gasteiger partial charge in [-0.3, -0.25) is 4.79 Å². The molecule has 2 N–H and O–H groups in total. The van der Waals surface area contributed by atoms with Crippen molar-refractivity contribution in [3.63, 3.8) is 0 Å². The maximum absolute atomic E-state index is 12.6. The van der Waals surface area contributed by atoms with E-state index >= 15 is 0 Å². The van der Waals surface area contributed by atoms with E-state index in [0.717, 1.165) is 30.3 Å². The Labute approximate surface area is 161 Å². The number of ether oxygens (including phenoxy) is 2. The Morgan fingerprint density at radius 2 is 1.88 bits per heavy atom. The zero-order valence-corrected chi connectivity index (χ0v) is 16.2.